The molecule has 0 aromatic heterocycles. The number of amides is 2. The van der Waals surface area contributed by atoms with E-state index >= 15 is 0 Å². The van der Waals surface area contributed by atoms with E-state index in [-0.39, 0.29) is 5.91 Å². The summed E-state index contributed by atoms with van der Waals surface area (Å²) in [5.41, 5.74) is -0.502. The summed E-state index contributed by atoms with van der Waals surface area (Å²) < 4.78 is 5.05. The van der Waals surface area contributed by atoms with Crippen molar-refractivity contribution in [2.24, 2.45) is 5.92 Å². The van der Waals surface area contributed by atoms with Gasteiger partial charge in [0.2, 0.25) is 5.91 Å². The van der Waals surface area contributed by atoms with E-state index in [4.69, 9.17) is 4.74 Å². The number of rotatable bonds is 6. The average Bonchev–Trinajstić information content (AvgIpc) is 2.19. The van der Waals surface area contributed by atoms with E-state index in [9.17, 15) is 9.59 Å². The summed E-state index contributed by atoms with van der Waals surface area (Å²) in [6.45, 7) is 10.3. The van der Waals surface area contributed by atoms with Crippen molar-refractivity contribution >= 4 is 12.0 Å². The number of hydrogen-bond donors (Lipinski definition) is 2. The fourth-order valence-corrected chi connectivity index (χ4v) is 1.08. The molecule has 2 N–H and O–H groups in total. The first-order valence-corrected chi connectivity index (χ1v) is 6.28. The van der Waals surface area contributed by atoms with E-state index in [1.807, 2.05) is 13.8 Å². The quantitative estimate of drug-likeness (QED) is 0.714. The van der Waals surface area contributed by atoms with Crippen LogP contribution in [0.4, 0.5) is 4.79 Å². The zero-order valence-corrected chi connectivity index (χ0v) is 12.0. The minimum absolute atomic E-state index is 0.102. The monoisotopic (exact) mass is 257 g/mol. The zero-order chi connectivity index (χ0) is 14.2. The summed E-state index contributed by atoms with van der Waals surface area (Å²) in [6.07, 6.45) is 1.91. The van der Waals surface area contributed by atoms with Gasteiger partial charge in [0.1, 0.15) is 5.60 Å². The van der Waals surface area contributed by atoms with Gasteiger partial charge in [-0.15, -0.1) is 0 Å². The van der Waals surface area contributed by atoms with Gasteiger partial charge in [0.05, 0.1) is 0 Å². The number of ether oxygens (including phenoxy) is 1. The molecule has 0 heterocycles. The lowest BCUT2D eigenvalue weighted by molar-refractivity contribution is -0.118. The molecule has 5 heteroatoms. The Morgan fingerprint density at radius 2 is 1.72 bits per heavy atom. The average molecular weight is 257 g/mol. The van der Waals surface area contributed by atoms with Crippen LogP contribution >= 0.6 is 0 Å². The van der Waals surface area contributed by atoms with Gasteiger partial charge in [-0.3, -0.25) is 4.79 Å². The number of carbonyl (C=O) groups is 2. The number of carbonyl (C=O) groups excluding carboxylic acids is 2. The van der Waals surface area contributed by atoms with Gasteiger partial charge < -0.3 is 15.4 Å². The molecular weight excluding hydrogens is 232 g/mol. The molecule has 0 aromatic rings. The standard InChI is InChI=1S/C13H25N2O3/c1-10(2)6-7-11(16)14-8-9-15-12(17)18-13(3,4)5/h7,10H,6,8-9H2,1-5H3,(H,14,16)(H,15,17). The summed E-state index contributed by atoms with van der Waals surface area (Å²) in [4.78, 5) is 22.6. The van der Waals surface area contributed by atoms with Crippen LogP contribution in [0.3, 0.4) is 0 Å². The molecule has 0 spiro atoms. The Balaban J connectivity index is 3.56. The minimum Gasteiger partial charge on any atom is -0.444 e. The highest BCUT2D eigenvalue weighted by Gasteiger charge is 2.15. The molecule has 0 saturated carbocycles. The zero-order valence-electron chi connectivity index (χ0n) is 12.0. The van der Waals surface area contributed by atoms with Crippen LogP contribution in [0, 0.1) is 12.3 Å². The fourth-order valence-electron chi connectivity index (χ4n) is 1.08. The van der Waals surface area contributed by atoms with Crippen LogP contribution in [0.2, 0.25) is 0 Å². The first kappa shape index (κ1) is 16.7. The SMILES string of the molecule is CC(C)C[CH]C(=O)NCCNC(=O)OC(C)(C)C. The van der Waals surface area contributed by atoms with Crippen molar-refractivity contribution in [2.45, 2.75) is 46.6 Å². The first-order chi connectivity index (χ1) is 8.20. The van der Waals surface area contributed by atoms with Gasteiger partial charge in [0.15, 0.2) is 0 Å². The maximum absolute atomic E-state index is 11.3. The van der Waals surface area contributed by atoms with E-state index in [0.29, 0.717) is 19.0 Å². The van der Waals surface area contributed by atoms with E-state index in [2.05, 4.69) is 10.6 Å². The van der Waals surface area contributed by atoms with Crippen LogP contribution < -0.4 is 10.6 Å². The Labute approximate surface area is 110 Å². The number of hydrogen-bond acceptors (Lipinski definition) is 3. The Morgan fingerprint density at radius 3 is 2.22 bits per heavy atom. The summed E-state index contributed by atoms with van der Waals surface area (Å²) in [5, 5.41) is 5.26. The molecule has 0 unspecified atom stereocenters. The normalized spacial score (nSPS) is 11.2. The van der Waals surface area contributed by atoms with Gasteiger partial charge in [-0.2, -0.15) is 0 Å². The van der Waals surface area contributed by atoms with Crippen LogP contribution in [-0.2, 0) is 9.53 Å². The molecule has 5 nitrogen and oxygen atoms in total. The van der Waals surface area contributed by atoms with Crippen molar-refractivity contribution in [2.75, 3.05) is 13.1 Å². The third-order valence-corrected chi connectivity index (χ3v) is 1.87. The lowest BCUT2D eigenvalue weighted by Gasteiger charge is -2.19. The van der Waals surface area contributed by atoms with Crippen molar-refractivity contribution in [1.29, 1.82) is 0 Å². The Morgan fingerprint density at radius 1 is 1.17 bits per heavy atom. The maximum atomic E-state index is 11.3. The second-order valence-electron chi connectivity index (χ2n) is 5.55. The molecule has 1 radical (unpaired) electrons. The van der Waals surface area contributed by atoms with Gasteiger partial charge in [0, 0.05) is 19.5 Å². The second-order valence-corrected chi connectivity index (χ2v) is 5.55. The van der Waals surface area contributed by atoms with Gasteiger partial charge in [-0.05, 0) is 33.1 Å². The van der Waals surface area contributed by atoms with Crippen LogP contribution in [-0.4, -0.2) is 30.7 Å². The molecule has 0 atom stereocenters. The van der Waals surface area contributed by atoms with Gasteiger partial charge >= 0.3 is 6.09 Å². The van der Waals surface area contributed by atoms with Gasteiger partial charge in [-0.1, -0.05) is 13.8 Å². The predicted molar refractivity (Wildman–Crippen MR) is 71.0 cm³/mol. The molecule has 18 heavy (non-hydrogen) atoms. The molecule has 0 bridgehead atoms. The van der Waals surface area contributed by atoms with Crippen molar-refractivity contribution in [3.8, 4) is 0 Å². The molecule has 0 saturated heterocycles. The Kier molecular flexibility index (Phi) is 7.39. The molecule has 0 aliphatic carbocycles. The topological polar surface area (TPSA) is 67.4 Å². The van der Waals surface area contributed by atoms with E-state index in [1.54, 1.807) is 27.2 Å². The van der Waals surface area contributed by atoms with E-state index in [1.165, 1.54) is 0 Å². The molecule has 2 amide bonds. The van der Waals surface area contributed by atoms with Crippen molar-refractivity contribution in [3.63, 3.8) is 0 Å². The highest BCUT2D eigenvalue weighted by Crippen LogP contribution is 2.06. The van der Waals surface area contributed by atoms with E-state index < -0.39 is 11.7 Å². The molecule has 0 aliphatic rings. The molecular formula is C13H25N2O3. The summed E-state index contributed by atoms with van der Waals surface area (Å²) in [6, 6.07) is 0. The van der Waals surface area contributed by atoms with E-state index in [0.717, 1.165) is 6.42 Å². The lowest BCUT2D eigenvalue weighted by atomic mass is 10.1. The lowest BCUT2D eigenvalue weighted by Crippen LogP contribution is -2.37. The summed E-state index contributed by atoms with van der Waals surface area (Å²) in [7, 11) is 0. The fraction of sp³-hybridized carbons (Fsp3) is 0.769. The minimum atomic E-state index is -0.502. The number of alkyl carbamates (subject to hydrolysis) is 1. The third kappa shape index (κ3) is 11.2. The second kappa shape index (κ2) is 7.95. The summed E-state index contributed by atoms with van der Waals surface area (Å²) in [5.74, 6) is 0.366. The van der Waals surface area contributed by atoms with Crippen LogP contribution in [0.5, 0.6) is 0 Å². The highest BCUT2D eigenvalue weighted by atomic mass is 16.6. The molecule has 105 valence electrons. The third-order valence-electron chi connectivity index (χ3n) is 1.87. The van der Waals surface area contributed by atoms with Gasteiger partial charge in [-0.25, -0.2) is 4.79 Å². The number of nitrogens with one attached hydrogen (secondary N) is 2. The Hall–Kier alpha value is -1.26. The maximum Gasteiger partial charge on any atom is 0.407 e. The Bertz CT molecular complexity index is 270. The van der Waals surface area contributed by atoms with Crippen molar-refractivity contribution < 1.29 is 14.3 Å². The molecule has 0 aliphatic heterocycles. The smallest absolute Gasteiger partial charge is 0.407 e. The van der Waals surface area contributed by atoms with Crippen LogP contribution in [0.15, 0.2) is 0 Å². The van der Waals surface area contributed by atoms with Gasteiger partial charge in [0.25, 0.3) is 0 Å². The first-order valence-electron chi connectivity index (χ1n) is 6.28. The molecule has 0 aromatic carbocycles. The summed E-state index contributed by atoms with van der Waals surface area (Å²) >= 11 is 0. The predicted octanol–water partition coefficient (Wildman–Crippen LogP) is 1.88. The largest absolute Gasteiger partial charge is 0.444 e. The van der Waals surface area contributed by atoms with Crippen LogP contribution in [0.1, 0.15) is 41.0 Å². The highest BCUT2D eigenvalue weighted by molar-refractivity contribution is 5.84. The van der Waals surface area contributed by atoms with Crippen LogP contribution in [0.25, 0.3) is 0 Å². The molecule has 0 rings (SSSR count). The van der Waals surface area contributed by atoms with Crippen molar-refractivity contribution in [1.82, 2.24) is 10.6 Å². The van der Waals surface area contributed by atoms with Crippen molar-refractivity contribution in [3.05, 3.63) is 6.42 Å². The molecule has 0 fully saturated rings.